The molecule has 0 spiro atoms. The molecule has 0 unspecified atom stereocenters. The van der Waals surface area contributed by atoms with Gasteiger partial charge < -0.3 is 9.76 Å². The average molecular weight is 316 g/mol. The molecule has 3 rings (SSSR count). The Morgan fingerprint density at radius 3 is 1.79 bits per heavy atom. The Morgan fingerprint density at radius 1 is 0.708 bits per heavy atom. The van der Waals surface area contributed by atoms with Crippen LogP contribution < -0.4 is 10.9 Å². The summed E-state index contributed by atoms with van der Waals surface area (Å²) in [5, 5.41) is 10.4. The zero-order valence-corrected chi connectivity index (χ0v) is 13.9. The zero-order chi connectivity index (χ0) is 16.8. The molecule has 0 atom stereocenters. The quantitative estimate of drug-likeness (QED) is 0.709. The minimum Gasteiger partial charge on any atom is -0.443 e. The standard InChI is InChI=1S/C21H21BO2/c1-17-7-9-18(10-8-17)15-24-16-19-11-13-21(14-12-19)22(23)20-5-3-2-4-6-20/h2-14,23H,15-16H2,1H3. The number of ether oxygens (including phenoxy) is 1. The molecule has 0 heterocycles. The van der Waals surface area contributed by atoms with Gasteiger partial charge in [-0.25, -0.2) is 0 Å². The number of hydrogen-bond donors (Lipinski definition) is 1. The molecule has 3 aromatic carbocycles. The topological polar surface area (TPSA) is 29.5 Å². The van der Waals surface area contributed by atoms with Crippen LogP contribution in [0.15, 0.2) is 78.9 Å². The van der Waals surface area contributed by atoms with E-state index in [9.17, 15) is 5.02 Å². The fourth-order valence-corrected chi connectivity index (χ4v) is 2.59. The van der Waals surface area contributed by atoms with Gasteiger partial charge in [-0.3, -0.25) is 0 Å². The maximum Gasteiger partial charge on any atom is 0.358 e. The average Bonchev–Trinajstić information content (AvgIpc) is 2.64. The van der Waals surface area contributed by atoms with Gasteiger partial charge in [0.15, 0.2) is 0 Å². The van der Waals surface area contributed by atoms with Gasteiger partial charge in [-0.2, -0.15) is 0 Å². The monoisotopic (exact) mass is 316 g/mol. The Kier molecular flexibility index (Phi) is 5.47. The van der Waals surface area contributed by atoms with Crippen molar-refractivity contribution in [3.8, 4) is 0 Å². The second kappa shape index (κ2) is 7.96. The summed E-state index contributed by atoms with van der Waals surface area (Å²) in [6, 6.07) is 26.0. The lowest BCUT2D eigenvalue weighted by Crippen LogP contribution is -2.42. The molecule has 3 aromatic rings. The van der Waals surface area contributed by atoms with Gasteiger partial charge in [0, 0.05) is 0 Å². The molecule has 0 amide bonds. The van der Waals surface area contributed by atoms with Crippen LogP contribution in [0, 0.1) is 6.92 Å². The fraction of sp³-hybridized carbons (Fsp3) is 0.143. The third-order valence-electron chi connectivity index (χ3n) is 4.07. The minimum absolute atomic E-state index is 0.565. The van der Waals surface area contributed by atoms with Crippen molar-refractivity contribution in [3.05, 3.63) is 95.6 Å². The van der Waals surface area contributed by atoms with Gasteiger partial charge in [0.05, 0.1) is 13.2 Å². The second-order valence-electron chi connectivity index (χ2n) is 6.03. The molecule has 0 aliphatic carbocycles. The number of aryl methyl sites for hydroxylation is 1. The smallest absolute Gasteiger partial charge is 0.358 e. The molecule has 0 radical (unpaired) electrons. The van der Waals surface area contributed by atoms with Gasteiger partial charge in [0.25, 0.3) is 0 Å². The van der Waals surface area contributed by atoms with E-state index in [4.69, 9.17) is 4.74 Å². The van der Waals surface area contributed by atoms with Gasteiger partial charge in [0.1, 0.15) is 0 Å². The summed E-state index contributed by atoms with van der Waals surface area (Å²) in [5.74, 6) is 0. The maximum atomic E-state index is 10.4. The maximum absolute atomic E-state index is 10.4. The molecule has 24 heavy (non-hydrogen) atoms. The molecule has 0 bridgehead atoms. The lowest BCUT2D eigenvalue weighted by molar-refractivity contribution is 0.107. The van der Waals surface area contributed by atoms with Crippen LogP contribution in [0.2, 0.25) is 0 Å². The number of hydrogen-bond acceptors (Lipinski definition) is 2. The highest BCUT2D eigenvalue weighted by molar-refractivity contribution is 6.78. The fourth-order valence-electron chi connectivity index (χ4n) is 2.59. The van der Waals surface area contributed by atoms with E-state index in [1.165, 1.54) is 11.1 Å². The van der Waals surface area contributed by atoms with E-state index in [-0.39, 0.29) is 0 Å². The molecular weight excluding hydrogens is 295 g/mol. The molecular formula is C21H21BO2. The summed E-state index contributed by atoms with van der Waals surface area (Å²) in [4.78, 5) is 0. The summed E-state index contributed by atoms with van der Waals surface area (Å²) >= 11 is 0. The number of rotatable bonds is 6. The lowest BCUT2D eigenvalue weighted by atomic mass is 9.56. The van der Waals surface area contributed by atoms with Crippen LogP contribution in [0.3, 0.4) is 0 Å². The van der Waals surface area contributed by atoms with Gasteiger partial charge >= 0.3 is 6.92 Å². The number of benzene rings is 3. The first-order valence-electron chi connectivity index (χ1n) is 8.17. The molecule has 0 saturated heterocycles. The molecule has 2 nitrogen and oxygen atoms in total. The lowest BCUT2D eigenvalue weighted by Gasteiger charge is -2.09. The van der Waals surface area contributed by atoms with Crippen molar-refractivity contribution in [1.29, 1.82) is 0 Å². The summed E-state index contributed by atoms with van der Waals surface area (Å²) < 4.78 is 5.77. The van der Waals surface area contributed by atoms with Crippen LogP contribution in [-0.2, 0) is 18.0 Å². The van der Waals surface area contributed by atoms with E-state index >= 15 is 0 Å². The van der Waals surface area contributed by atoms with E-state index in [2.05, 4.69) is 31.2 Å². The summed E-state index contributed by atoms with van der Waals surface area (Å²) in [5.41, 5.74) is 5.33. The molecule has 0 fully saturated rings. The van der Waals surface area contributed by atoms with Crippen LogP contribution in [-0.4, -0.2) is 11.9 Å². The predicted octanol–water partition coefficient (Wildman–Crippen LogP) is 2.81. The minimum atomic E-state index is -0.589. The first-order chi connectivity index (χ1) is 11.7. The Labute approximate surface area is 143 Å². The van der Waals surface area contributed by atoms with Gasteiger partial charge in [0.2, 0.25) is 0 Å². The van der Waals surface area contributed by atoms with Crippen molar-refractivity contribution in [3.63, 3.8) is 0 Å². The van der Waals surface area contributed by atoms with Gasteiger partial charge in [-0.15, -0.1) is 0 Å². The Morgan fingerprint density at radius 2 is 1.21 bits per heavy atom. The highest BCUT2D eigenvalue weighted by atomic mass is 16.5. The van der Waals surface area contributed by atoms with E-state index in [0.29, 0.717) is 13.2 Å². The van der Waals surface area contributed by atoms with Crippen molar-refractivity contribution in [2.75, 3.05) is 0 Å². The molecule has 0 aromatic heterocycles. The van der Waals surface area contributed by atoms with Crippen molar-refractivity contribution in [2.45, 2.75) is 20.1 Å². The van der Waals surface area contributed by atoms with Crippen LogP contribution in [0.25, 0.3) is 0 Å². The zero-order valence-electron chi connectivity index (χ0n) is 13.9. The van der Waals surface area contributed by atoms with E-state index < -0.39 is 6.92 Å². The van der Waals surface area contributed by atoms with Crippen LogP contribution in [0.4, 0.5) is 0 Å². The summed E-state index contributed by atoms with van der Waals surface area (Å²) in [6.07, 6.45) is 0. The second-order valence-corrected chi connectivity index (χ2v) is 6.03. The van der Waals surface area contributed by atoms with Gasteiger partial charge in [-0.1, -0.05) is 84.4 Å². The molecule has 0 aliphatic heterocycles. The van der Waals surface area contributed by atoms with E-state index in [1.807, 2.05) is 54.6 Å². The molecule has 0 saturated carbocycles. The highest BCUT2D eigenvalue weighted by Gasteiger charge is 2.15. The van der Waals surface area contributed by atoms with Crippen molar-refractivity contribution in [1.82, 2.24) is 0 Å². The largest absolute Gasteiger partial charge is 0.443 e. The molecule has 0 aliphatic rings. The Balaban J connectivity index is 1.55. The predicted molar refractivity (Wildman–Crippen MR) is 99.8 cm³/mol. The third kappa shape index (κ3) is 4.35. The molecule has 120 valence electrons. The Hall–Kier alpha value is -2.36. The van der Waals surface area contributed by atoms with Crippen LogP contribution >= 0.6 is 0 Å². The van der Waals surface area contributed by atoms with Gasteiger partial charge in [-0.05, 0) is 29.0 Å². The molecule has 3 heteroatoms. The summed E-state index contributed by atoms with van der Waals surface area (Å²) in [7, 11) is 0. The highest BCUT2D eigenvalue weighted by Crippen LogP contribution is 2.07. The van der Waals surface area contributed by atoms with E-state index in [0.717, 1.165) is 16.5 Å². The first-order valence-corrected chi connectivity index (χ1v) is 8.17. The third-order valence-corrected chi connectivity index (χ3v) is 4.07. The normalized spacial score (nSPS) is 10.6. The van der Waals surface area contributed by atoms with Crippen molar-refractivity contribution in [2.24, 2.45) is 0 Å². The van der Waals surface area contributed by atoms with Crippen molar-refractivity contribution >= 4 is 17.8 Å². The van der Waals surface area contributed by atoms with Crippen LogP contribution in [0.1, 0.15) is 16.7 Å². The Bertz CT molecular complexity index is 752. The summed E-state index contributed by atoms with van der Waals surface area (Å²) in [6.45, 7) is 2.66. The van der Waals surface area contributed by atoms with E-state index in [1.54, 1.807) is 0 Å². The SMILES string of the molecule is Cc1ccc(COCc2ccc(B(O)c3ccccc3)cc2)cc1. The van der Waals surface area contributed by atoms with Crippen LogP contribution in [0.5, 0.6) is 0 Å². The van der Waals surface area contributed by atoms with Crippen molar-refractivity contribution < 1.29 is 9.76 Å². The first kappa shape index (κ1) is 16.5. The molecule has 1 N–H and O–H groups in total.